The lowest BCUT2D eigenvalue weighted by atomic mass is 10.4. The average molecular weight is 179 g/mol. The molecule has 0 aromatic carbocycles. The van der Waals surface area contributed by atoms with Crippen molar-refractivity contribution in [2.45, 2.75) is 6.92 Å². The lowest BCUT2D eigenvalue weighted by molar-refractivity contribution is 0.765. The summed E-state index contributed by atoms with van der Waals surface area (Å²) < 4.78 is 1.16. The molecule has 2 rings (SSSR count). The number of nitrogens with zero attached hydrogens (tertiary/aromatic N) is 4. The van der Waals surface area contributed by atoms with Gasteiger partial charge in [-0.1, -0.05) is 0 Å². The first-order valence-electron chi connectivity index (χ1n) is 3.50. The van der Waals surface area contributed by atoms with E-state index in [0.717, 1.165) is 10.8 Å². The molecule has 0 bridgehead atoms. The van der Waals surface area contributed by atoms with Crippen LogP contribution < -0.4 is 5.56 Å². The summed E-state index contributed by atoms with van der Waals surface area (Å²) >= 11 is 0. The minimum atomic E-state index is -0.391. The predicted molar refractivity (Wildman–Crippen MR) is 43.8 cm³/mol. The standard InChI is InChI=1S/C6H5N5O2/c1-3-5(10-13)6-8-4(12)2-7-11(6)9-3/h2H,1H3,(H,8,12). The third-order valence-corrected chi connectivity index (χ3v) is 1.63. The zero-order chi connectivity index (χ0) is 9.42. The molecule has 0 aliphatic heterocycles. The van der Waals surface area contributed by atoms with Crippen molar-refractivity contribution in [3.63, 3.8) is 0 Å². The highest BCUT2D eigenvalue weighted by atomic mass is 16.3. The number of nitrogens with one attached hydrogen (secondary N) is 1. The Morgan fingerprint density at radius 2 is 2.38 bits per heavy atom. The van der Waals surface area contributed by atoms with Gasteiger partial charge in [0.05, 0.1) is 5.69 Å². The number of hydrogen-bond acceptors (Lipinski definition) is 5. The van der Waals surface area contributed by atoms with Crippen molar-refractivity contribution in [1.29, 1.82) is 0 Å². The molecule has 0 atom stereocenters. The number of aromatic amines is 1. The molecule has 7 heteroatoms. The zero-order valence-corrected chi connectivity index (χ0v) is 6.68. The van der Waals surface area contributed by atoms with E-state index in [1.807, 2.05) is 0 Å². The van der Waals surface area contributed by atoms with Crippen molar-refractivity contribution in [3.8, 4) is 0 Å². The second-order valence-electron chi connectivity index (χ2n) is 2.50. The van der Waals surface area contributed by atoms with E-state index in [9.17, 15) is 9.70 Å². The van der Waals surface area contributed by atoms with Gasteiger partial charge in [-0.05, 0) is 12.1 Å². The van der Waals surface area contributed by atoms with Gasteiger partial charge in [0, 0.05) is 0 Å². The van der Waals surface area contributed by atoms with Gasteiger partial charge in [0.15, 0.2) is 11.3 Å². The van der Waals surface area contributed by atoms with Crippen molar-refractivity contribution >= 4 is 11.3 Å². The molecule has 66 valence electrons. The molecule has 0 radical (unpaired) electrons. The fraction of sp³-hybridized carbons (Fsp3) is 0.167. The van der Waals surface area contributed by atoms with E-state index in [0.29, 0.717) is 5.69 Å². The number of aromatic nitrogens is 4. The zero-order valence-electron chi connectivity index (χ0n) is 6.68. The van der Waals surface area contributed by atoms with Gasteiger partial charge in [-0.3, -0.25) is 4.79 Å². The molecular weight excluding hydrogens is 174 g/mol. The van der Waals surface area contributed by atoms with Crippen molar-refractivity contribution in [3.05, 3.63) is 27.2 Å². The summed E-state index contributed by atoms with van der Waals surface area (Å²) in [6.45, 7) is 1.61. The summed E-state index contributed by atoms with van der Waals surface area (Å²) in [6.07, 6.45) is 1.08. The van der Waals surface area contributed by atoms with Gasteiger partial charge >= 0.3 is 0 Å². The first-order valence-corrected chi connectivity index (χ1v) is 3.50. The van der Waals surface area contributed by atoms with Crippen LogP contribution in [-0.4, -0.2) is 19.8 Å². The molecule has 0 amide bonds. The Balaban J connectivity index is 2.96. The quantitative estimate of drug-likeness (QED) is 0.629. The summed E-state index contributed by atoms with van der Waals surface area (Å²) in [6, 6.07) is 0. The Hall–Kier alpha value is -2.05. The van der Waals surface area contributed by atoms with E-state index in [4.69, 9.17) is 0 Å². The summed E-state index contributed by atoms with van der Waals surface area (Å²) in [4.78, 5) is 23.6. The van der Waals surface area contributed by atoms with Crippen molar-refractivity contribution in [1.82, 2.24) is 19.8 Å². The fourth-order valence-corrected chi connectivity index (χ4v) is 1.06. The van der Waals surface area contributed by atoms with Crippen LogP contribution in [0.25, 0.3) is 5.65 Å². The van der Waals surface area contributed by atoms with Gasteiger partial charge in [0.25, 0.3) is 5.56 Å². The van der Waals surface area contributed by atoms with Gasteiger partial charge in [-0.15, -0.1) is 9.54 Å². The number of nitroso groups, excluding NO2 is 1. The van der Waals surface area contributed by atoms with Crippen LogP contribution in [0.2, 0.25) is 0 Å². The molecular formula is C6H5N5O2. The van der Waals surface area contributed by atoms with E-state index in [1.54, 1.807) is 6.92 Å². The van der Waals surface area contributed by atoms with Crippen LogP contribution >= 0.6 is 0 Å². The largest absolute Gasteiger partial charge is 0.302 e. The Morgan fingerprint density at radius 3 is 3.08 bits per heavy atom. The number of rotatable bonds is 1. The minimum absolute atomic E-state index is 0.116. The molecule has 0 saturated heterocycles. The average Bonchev–Trinajstić information content (AvgIpc) is 2.40. The molecule has 2 aromatic heterocycles. The Morgan fingerprint density at radius 1 is 1.62 bits per heavy atom. The lowest BCUT2D eigenvalue weighted by Crippen LogP contribution is -2.09. The molecule has 0 aliphatic rings. The van der Waals surface area contributed by atoms with Crippen LogP contribution in [0.3, 0.4) is 0 Å². The number of fused-ring (bicyclic) bond motifs is 1. The minimum Gasteiger partial charge on any atom is -0.302 e. The van der Waals surface area contributed by atoms with Crippen LogP contribution in [0.4, 0.5) is 5.69 Å². The van der Waals surface area contributed by atoms with Crippen LogP contribution in [0.15, 0.2) is 16.2 Å². The van der Waals surface area contributed by atoms with Crippen LogP contribution in [-0.2, 0) is 0 Å². The molecule has 13 heavy (non-hydrogen) atoms. The number of aryl methyl sites for hydroxylation is 1. The van der Waals surface area contributed by atoms with Crippen molar-refractivity contribution in [2.24, 2.45) is 5.18 Å². The summed E-state index contributed by atoms with van der Waals surface area (Å²) in [5.74, 6) is 0. The van der Waals surface area contributed by atoms with Gasteiger partial charge in [-0.25, -0.2) is 0 Å². The smallest absolute Gasteiger partial charge is 0.269 e. The first-order chi connectivity index (χ1) is 6.22. The fourth-order valence-electron chi connectivity index (χ4n) is 1.06. The van der Waals surface area contributed by atoms with E-state index in [2.05, 4.69) is 20.4 Å². The maximum absolute atomic E-state index is 10.9. The van der Waals surface area contributed by atoms with Gasteiger partial charge in [-0.2, -0.15) is 10.2 Å². The molecule has 7 nitrogen and oxygen atoms in total. The van der Waals surface area contributed by atoms with Crippen LogP contribution in [0.5, 0.6) is 0 Å². The topological polar surface area (TPSA) is 92.5 Å². The molecule has 0 spiro atoms. The highest BCUT2D eigenvalue weighted by Crippen LogP contribution is 2.20. The van der Waals surface area contributed by atoms with Crippen molar-refractivity contribution in [2.75, 3.05) is 0 Å². The maximum Gasteiger partial charge on any atom is 0.269 e. The molecule has 0 unspecified atom stereocenters. The lowest BCUT2D eigenvalue weighted by Gasteiger charge is -1.87. The van der Waals surface area contributed by atoms with Crippen LogP contribution in [0.1, 0.15) is 5.69 Å². The second kappa shape index (κ2) is 2.47. The van der Waals surface area contributed by atoms with E-state index in [1.165, 1.54) is 0 Å². The molecule has 0 fully saturated rings. The summed E-state index contributed by atoms with van der Waals surface area (Å²) in [7, 11) is 0. The van der Waals surface area contributed by atoms with Gasteiger partial charge in [0.2, 0.25) is 0 Å². The van der Waals surface area contributed by atoms with Gasteiger partial charge < -0.3 is 4.98 Å². The molecule has 0 saturated carbocycles. The first kappa shape index (κ1) is 7.59. The Bertz CT molecular complexity index is 525. The predicted octanol–water partition coefficient (Wildman–Crippen LogP) is 0.124. The van der Waals surface area contributed by atoms with Crippen LogP contribution in [0, 0.1) is 11.8 Å². The summed E-state index contributed by atoms with van der Waals surface area (Å²) in [5, 5.41) is 10.3. The third-order valence-electron chi connectivity index (χ3n) is 1.63. The molecule has 2 heterocycles. The van der Waals surface area contributed by atoms with E-state index in [-0.39, 0.29) is 11.3 Å². The molecule has 1 N–H and O–H groups in total. The monoisotopic (exact) mass is 179 g/mol. The van der Waals surface area contributed by atoms with Crippen molar-refractivity contribution < 1.29 is 0 Å². The van der Waals surface area contributed by atoms with E-state index < -0.39 is 5.56 Å². The Labute approximate surface area is 71.4 Å². The Kier molecular flexibility index (Phi) is 1.44. The second-order valence-corrected chi connectivity index (χ2v) is 2.50. The third kappa shape index (κ3) is 1.01. The van der Waals surface area contributed by atoms with Gasteiger partial charge in [0.1, 0.15) is 6.20 Å². The van der Waals surface area contributed by atoms with E-state index >= 15 is 0 Å². The summed E-state index contributed by atoms with van der Waals surface area (Å²) in [5.41, 5.74) is 0.381. The number of H-pyrrole nitrogens is 1. The molecule has 2 aromatic rings. The SMILES string of the molecule is Cc1nn2ncc(=O)[nH]c2c1N=O. The highest BCUT2D eigenvalue weighted by Gasteiger charge is 2.10. The number of hydrogen-bond donors (Lipinski definition) is 1. The normalized spacial score (nSPS) is 10.5. The highest BCUT2D eigenvalue weighted by molar-refractivity contribution is 5.65. The maximum atomic E-state index is 10.9. The molecule has 0 aliphatic carbocycles.